The monoisotopic (exact) mass is 263 g/mol. The average Bonchev–Trinajstić information content (AvgIpc) is 2.24. The lowest BCUT2D eigenvalue weighted by Crippen LogP contribution is -2.37. The Bertz CT molecular complexity index is 435. The smallest absolute Gasteiger partial charge is 0.433 e. The van der Waals surface area contributed by atoms with Gasteiger partial charge in [0.15, 0.2) is 0 Å². The van der Waals surface area contributed by atoms with Crippen LogP contribution in [0.2, 0.25) is 0 Å². The molecule has 0 aliphatic carbocycles. The van der Waals surface area contributed by atoms with Gasteiger partial charge in [0.05, 0.1) is 0 Å². The molecule has 0 aliphatic rings. The number of anilines is 1. The van der Waals surface area contributed by atoms with Gasteiger partial charge in [0.2, 0.25) is 5.95 Å². The number of nitrogens with zero attached hydrogens (tertiary/aromatic N) is 3. The zero-order valence-electron chi connectivity index (χ0n) is 9.77. The number of carbonyl (C=O) groups is 1. The molecule has 0 atom stereocenters. The molecular formula is C10H12F3N3O2. The Balaban J connectivity index is 3.09. The fourth-order valence-electron chi connectivity index (χ4n) is 1.27. The third-order valence-corrected chi connectivity index (χ3v) is 2.12. The normalized spacial score (nSPS) is 11.7. The molecule has 1 aromatic heterocycles. The van der Waals surface area contributed by atoms with Crippen LogP contribution in [-0.4, -0.2) is 33.6 Å². The summed E-state index contributed by atoms with van der Waals surface area (Å²) in [5, 5.41) is 8.70. The molecule has 1 aromatic rings. The van der Waals surface area contributed by atoms with Crippen molar-refractivity contribution in [2.45, 2.75) is 26.1 Å². The zero-order chi connectivity index (χ0) is 13.9. The predicted octanol–water partition coefficient (Wildman–Crippen LogP) is 1.79. The predicted molar refractivity (Wildman–Crippen MR) is 57.2 cm³/mol. The molecule has 0 bridgehead atoms. The van der Waals surface area contributed by atoms with Crippen LogP contribution in [0.3, 0.4) is 0 Å². The first kappa shape index (κ1) is 14.2. The Morgan fingerprint density at radius 1 is 1.50 bits per heavy atom. The lowest BCUT2D eigenvalue weighted by molar-refractivity contribution is -0.141. The lowest BCUT2D eigenvalue weighted by Gasteiger charge is -2.25. The van der Waals surface area contributed by atoms with E-state index < -0.39 is 24.4 Å². The van der Waals surface area contributed by atoms with Crippen molar-refractivity contribution < 1.29 is 23.1 Å². The summed E-state index contributed by atoms with van der Waals surface area (Å²) < 4.78 is 37.4. The highest BCUT2D eigenvalue weighted by molar-refractivity contribution is 5.72. The van der Waals surface area contributed by atoms with Crippen molar-refractivity contribution in [3.8, 4) is 0 Å². The molecule has 0 aliphatic heterocycles. The van der Waals surface area contributed by atoms with E-state index in [0.29, 0.717) is 0 Å². The maximum Gasteiger partial charge on any atom is 0.433 e. The van der Waals surface area contributed by atoms with Crippen molar-refractivity contribution in [1.82, 2.24) is 9.97 Å². The molecular weight excluding hydrogens is 251 g/mol. The fourth-order valence-corrected chi connectivity index (χ4v) is 1.27. The minimum absolute atomic E-state index is 0.248. The molecule has 0 spiro atoms. The molecule has 8 heteroatoms. The van der Waals surface area contributed by atoms with Crippen LogP contribution in [0.5, 0.6) is 0 Å². The SMILES string of the molecule is CC(C)N(CC(=O)O)c1nccc(C(F)(F)F)n1. The number of carboxylic acid groups (broad SMARTS) is 1. The molecule has 1 rings (SSSR count). The number of hydrogen-bond acceptors (Lipinski definition) is 4. The van der Waals surface area contributed by atoms with Crippen LogP contribution in [0.15, 0.2) is 12.3 Å². The maximum atomic E-state index is 12.5. The minimum Gasteiger partial charge on any atom is -0.480 e. The first-order chi connectivity index (χ1) is 8.21. The number of aliphatic carboxylic acids is 1. The largest absolute Gasteiger partial charge is 0.480 e. The number of alkyl halides is 3. The number of aromatic nitrogens is 2. The molecule has 1 heterocycles. The van der Waals surface area contributed by atoms with Gasteiger partial charge in [-0.3, -0.25) is 4.79 Å². The lowest BCUT2D eigenvalue weighted by atomic mass is 10.3. The van der Waals surface area contributed by atoms with Crippen LogP contribution in [0, 0.1) is 0 Å². The van der Waals surface area contributed by atoms with Crippen molar-refractivity contribution in [3.63, 3.8) is 0 Å². The van der Waals surface area contributed by atoms with Crippen molar-refractivity contribution in [1.29, 1.82) is 0 Å². The second-order valence-electron chi connectivity index (χ2n) is 3.86. The molecule has 18 heavy (non-hydrogen) atoms. The molecule has 5 nitrogen and oxygen atoms in total. The number of halogens is 3. The molecule has 0 unspecified atom stereocenters. The number of hydrogen-bond donors (Lipinski definition) is 1. The van der Waals surface area contributed by atoms with Crippen LogP contribution in [0.25, 0.3) is 0 Å². The van der Waals surface area contributed by atoms with Gasteiger partial charge in [-0.25, -0.2) is 9.97 Å². The van der Waals surface area contributed by atoms with Gasteiger partial charge in [-0.05, 0) is 19.9 Å². The number of rotatable bonds is 4. The Hall–Kier alpha value is -1.86. The summed E-state index contributed by atoms with van der Waals surface area (Å²) in [4.78, 5) is 18.9. The van der Waals surface area contributed by atoms with E-state index >= 15 is 0 Å². The van der Waals surface area contributed by atoms with Gasteiger partial charge < -0.3 is 10.0 Å². The fraction of sp³-hybridized carbons (Fsp3) is 0.500. The third-order valence-electron chi connectivity index (χ3n) is 2.12. The highest BCUT2D eigenvalue weighted by Gasteiger charge is 2.33. The molecule has 0 saturated carbocycles. The standard InChI is InChI=1S/C10H12F3N3O2/c1-6(2)16(5-8(17)18)9-14-4-3-7(15-9)10(11,12)13/h3-4,6H,5H2,1-2H3,(H,17,18). The van der Waals surface area contributed by atoms with Crippen LogP contribution >= 0.6 is 0 Å². The van der Waals surface area contributed by atoms with Crippen molar-refractivity contribution in [2.75, 3.05) is 11.4 Å². The summed E-state index contributed by atoms with van der Waals surface area (Å²) in [5.74, 6) is -1.41. The second-order valence-corrected chi connectivity index (χ2v) is 3.86. The van der Waals surface area contributed by atoms with E-state index in [9.17, 15) is 18.0 Å². The van der Waals surface area contributed by atoms with Gasteiger partial charge in [-0.2, -0.15) is 13.2 Å². The molecule has 100 valence electrons. The van der Waals surface area contributed by atoms with E-state index in [1.807, 2.05) is 0 Å². The van der Waals surface area contributed by atoms with Gasteiger partial charge in [-0.1, -0.05) is 0 Å². The molecule has 0 amide bonds. The van der Waals surface area contributed by atoms with Gasteiger partial charge in [0.25, 0.3) is 0 Å². The second kappa shape index (κ2) is 5.19. The third kappa shape index (κ3) is 3.57. The van der Waals surface area contributed by atoms with Crippen molar-refractivity contribution >= 4 is 11.9 Å². The van der Waals surface area contributed by atoms with Crippen molar-refractivity contribution in [2.24, 2.45) is 0 Å². The highest BCUT2D eigenvalue weighted by atomic mass is 19.4. The molecule has 0 radical (unpaired) electrons. The van der Waals surface area contributed by atoms with E-state index in [1.165, 1.54) is 4.90 Å². The summed E-state index contributed by atoms with van der Waals surface area (Å²) in [6, 6.07) is 0.410. The Kier molecular flexibility index (Phi) is 4.10. The minimum atomic E-state index is -4.58. The average molecular weight is 263 g/mol. The van der Waals surface area contributed by atoms with Gasteiger partial charge in [0.1, 0.15) is 12.2 Å². The topological polar surface area (TPSA) is 66.3 Å². The Morgan fingerprint density at radius 3 is 2.56 bits per heavy atom. The van der Waals surface area contributed by atoms with Crippen molar-refractivity contribution in [3.05, 3.63) is 18.0 Å². The van der Waals surface area contributed by atoms with Crippen LogP contribution in [-0.2, 0) is 11.0 Å². The summed E-state index contributed by atoms with van der Waals surface area (Å²) in [7, 11) is 0. The molecule has 0 fully saturated rings. The van der Waals surface area contributed by atoms with E-state index in [0.717, 1.165) is 12.3 Å². The maximum absolute atomic E-state index is 12.5. The molecule has 1 N–H and O–H groups in total. The first-order valence-corrected chi connectivity index (χ1v) is 5.10. The summed E-state index contributed by atoms with van der Waals surface area (Å²) >= 11 is 0. The summed E-state index contributed by atoms with van der Waals surface area (Å²) in [5.41, 5.74) is -1.09. The van der Waals surface area contributed by atoms with Gasteiger partial charge in [-0.15, -0.1) is 0 Å². The zero-order valence-corrected chi connectivity index (χ0v) is 9.77. The van der Waals surface area contributed by atoms with E-state index in [1.54, 1.807) is 13.8 Å². The molecule has 0 aromatic carbocycles. The Morgan fingerprint density at radius 2 is 2.11 bits per heavy atom. The van der Waals surface area contributed by atoms with E-state index in [-0.39, 0.29) is 12.0 Å². The van der Waals surface area contributed by atoms with Crippen LogP contribution in [0.1, 0.15) is 19.5 Å². The van der Waals surface area contributed by atoms with Crippen LogP contribution in [0.4, 0.5) is 19.1 Å². The Labute approximate surface area is 101 Å². The van der Waals surface area contributed by atoms with Crippen LogP contribution < -0.4 is 4.90 Å². The van der Waals surface area contributed by atoms with E-state index in [2.05, 4.69) is 9.97 Å². The first-order valence-electron chi connectivity index (χ1n) is 5.10. The molecule has 0 saturated heterocycles. The summed E-state index contributed by atoms with van der Waals surface area (Å²) in [6.45, 7) is 2.83. The quantitative estimate of drug-likeness (QED) is 0.897. The number of carboxylic acids is 1. The summed E-state index contributed by atoms with van der Waals surface area (Å²) in [6.07, 6.45) is -3.62. The highest BCUT2D eigenvalue weighted by Crippen LogP contribution is 2.28. The van der Waals surface area contributed by atoms with Gasteiger partial charge in [0, 0.05) is 12.2 Å². The van der Waals surface area contributed by atoms with Gasteiger partial charge >= 0.3 is 12.1 Å². The van der Waals surface area contributed by atoms with E-state index in [4.69, 9.17) is 5.11 Å².